The third kappa shape index (κ3) is 3.69. The number of nitro benzene ring substituents is 1. The smallest absolute Gasteiger partial charge is 0.258 e. The fourth-order valence-corrected chi connectivity index (χ4v) is 2.96. The van der Waals surface area contributed by atoms with E-state index in [1.807, 2.05) is 24.3 Å². The molecule has 3 rings (SSSR count). The molecule has 0 bridgehead atoms. The van der Waals surface area contributed by atoms with Crippen LogP contribution in [-0.4, -0.2) is 20.1 Å². The minimum Gasteiger partial charge on any atom is -0.258 e. The number of nitrogens with zero attached hydrogens (tertiary/aromatic N) is 3. The van der Waals surface area contributed by atoms with Gasteiger partial charge >= 0.3 is 0 Å². The molecule has 0 atom stereocenters. The van der Waals surface area contributed by atoms with E-state index < -0.39 is 4.92 Å². The van der Waals surface area contributed by atoms with E-state index in [0.29, 0.717) is 21.8 Å². The molecule has 0 aliphatic carbocycles. The van der Waals surface area contributed by atoms with E-state index in [1.54, 1.807) is 18.2 Å². The lowest BCUT2D eigenvalue weighted by atomic mass is 10.2. The molecule has 0 radical (unpaired) electrons. The molecule has 3 aromatic rings. The summed E-state index contributed by atoms with van der Waals surface area (Å²) >= 11 is 7.53. The molecule has 1 heterocycles. The van der Waals surface area contributed by atoms with E-state index in [2.05, 4.69) is 15.2 Å². The van der Waals surface area contributed by atoms with Crippen LogP contribution in [0.3, 0.4) is 0 Å². The van der Waals surface area contributed by atoms with E-state index in [9.17, 15) is 10.1 Å². The SMILES string of the molecule is O=[N+]([O-])c1cccc(CSc2n[nH]c(-c3ccccc3Cl)n2)c1. The van der Waals surface area contributed by atoms with E-state index in [-0.39, 0.29) is 5.69 Å². The molecule has 23 heavy (non-hydrogen) atoms. The van der Waals surface area contributed by atoms with Crippen molar-refractivity contribution in [3.05, 3.63) is 69.2 Å². The molecule has 0 amide bonds. The van der Waals surface area contributed by atoms with Crippen molar-refractivity contribution in [1.29, 1.82) is 0 Å². The number of hydrogen-bond donors (Lipinski definition) is 1. The van der Waals surface area contributed by atoms with Crippen molar-refractivity contribution in [3.8, 4) is 11.4 Å². The second-order valence-electron chi connectivity index (χ2n) is 4.66. The predicted octanol–water partition coefficient (Wildman–Crippen LogP) is 4.33. The van der Waals surface area contributed by atoms with Crippen LogP contribution in [-0.2, 0) is 5.75 Å². The lowest BCUT2D eigenvalue weighted by molar-refractivity contribution is -0.384. The van der Waals surface area contributed by atoms with Crippen molar-refractivity contribution in [2.24, 2.45) is 0 Å². The third-order valence-corrected chi connectivity index (χ3v) is 4.33. The molecular weight excluding hydrogens is 336 g/mol. The van der Waals surface area contributed by atoms with Crippen molar-refractivity contribution < 1.29 is 4.92 Å². The Balaban J connectivity index is 1.72. The fraction of sp³-hybridized carbons (Fsp3) is 0.0667. The number of halogens is 1. The van der Waals surface area contributed by atoms with Gasteiger partial charge in [0.15, 0.2) is 5.82 Å². The number of hydrogen-bond acceptors (Lipinski definition) is 5. The minimum atomic E-state index is -0.406. The van der Waals surface area contributed by atoms with Crippen LogP contribution in [0.1, 0.15) is 5.56 Å². The van der Waals surface area contributed by atoms with Crippen LogP contribution < -0.4 is 0 Å². The van der Waals surface area contributed by atoms with Crippen LogP contribution in [0, 0.1) is 10.1 Å². The zero-order valence-electron chi connectivity index (χ0n) is 11.8. The van der Waals surface area contributed by atoms with Gasteiger partial charge in [-0.25, -0.2) is 4.98 Å². The first-order valence-electron chi connectivity index (χ1n) is 6.67. The van der Waals surface area contributed by atoms with Crippen LogP contribution in [0.25, 0.3) is 11.4 Å². The number of aromatic amines is 1. The number of thioether (sulfide) groups is 1. The molecule has 0 aliphatic heterocycles. The molecule has 0 aliphatic rings. The summed E-state index contributed by atoms with van der Waals surface area (Å²) in [5.74, 6) is 1.14. The van der Waals surface area contributed by atoms with Gasteiger partial charge in [-0.15, -0.1) is 5.10 Å². The summed E-state index contributed by atoms with van der Waals surface area (Å²) in [6.45, 7) is 0. The Bertz CT molecular complexity index is 853. The summed E-state index contributed by atoms with van der Waals surface area (Å²) < 4.78 is 0. The number of aromatic nitrogens is 3. The lowest BCUT2D eigenvalue weighted by Crippen LogP contribution is -1.89. The summed E-state index contributed by atoms with van der Waals surface area (Å²) in [5.41, 5.74) is 1.70. The van der Waals surface area contributed by atoms with Gasteiger partial charge in [-0.1, -0.05) is 47.6 Å². The maximum absolute atomic E-state index is 10.8. The van der Waals surface area contributed by atoms with Crippen molar-refractivity contribution in [2.45, 2.75) is 10.9 Å². The lowest BCUT2D eigenvalue weighted by Gasteiger charge is -1.99. The van der Waals surface area contributed by atoms with E-state index in [0.717, 1.165) is 11.1 Å². The third-order valence-electron chi connectivity index (χ3n) is 3.08. The Morgan fingerprint density at radius 1 is 1.22 bits per heavy atom. The first kappa shape index (κ1) is 15.5. The standard InChI is InChI=1S/C15H11ClN4O2S/c16-13-7-2-1-6-12(13)14-17-15(19-18-14)23-9-10-4-3-5-11(8-10)20(21)22/h1-8H,9H2,(H,17,18,19). The second kappa shape index (κ2) is 6.80. The first-order valence-corrected chi connectivity index (χ1v) is 8.03. The number of rotatable bonds is 5. The Kier molecular flexibility index (Phi) is 4.59. The zero-order chi connectivity index (χ0) is 16.2. The molecular formula is C15H11ClN4O2S. The first-order chi connectivity index (χ1) is 11.1. The molecule has 2 aromatic carbocycles. The molecule has 1 aromatic heterocycles. The number of nitrogens with one attached hydrogen (secondary N) is 1. The van der Waals surface area contributed by atoms with Gasteiger partial charge in [-0.2, -0.15) is 0 Å². The van der Waals surface area contributed by atoms with Gasteiger partial charge in [-0.3, -0.25) is 15.2 Å². The largest absolute Gasteiger partial charge is 0.269 e. The molecule has 0 fully saturated rings. The molecule has 1 N–H and O–H groups in total. The Morgan fingerprint density at radius 3 is 2.83 bits per heavy atom. The average Bonchev–Trinajstić information content (AvgIpc) is 3.02. The summed E-state index contributed by atoms with van der Waals surface area (Å²) in [4.78, 5) is 14.8. The van der Waals surface area contributed by atoms with Gasteiger partial charge in [0.1, 0.15) is 0 Å². The number of nitro groups is 1. The van der Waals surface area contributed by atoms with Gasteiger partial charge in [-0.05, 0) is 17.7 Å². The van der Waals surface area contributed by atoms with Gasteiger partial charge < -0.3 is 0 Å². The number of benzene rings is 2. The minimum absolute atomic E-state index is 0.0786. The number of H-pyrrole nitrogens is 1. The van der Waals surface area contributed by atoms with Gasteiger partial charge in [0.05, 0.1) is 9.95 Å². The van der Waals surface area contributed by atoms with Gasteiger partial charge in [0.25, 0.3) is 5.69 Å². The van der Waals surface area contributed by atoms with Crippen molar-refractivity contribution >= 4 is 29.1 Å². The highest BCUT2D eigenvalue weighted by Crippen LogP contribution is 2.27. The second-order valence-corrected chi connectivity index (χ2v) is 6.01. The van der Waals surface area contributed by atoms with Crippen LogP contribution >= 0.6 is 23.4 Å². The topological polar surface area (TPSA) is 84.7 Å². The molecule has 0 saturated carbocycles. The summed E-state index contributed by atoms with van der Waals surface area (Å²) in [6.07, 6.45) is 0. The molecule has 6 nitrogen and oxygen atoms in total. The summed E-state index contributed by atoms with van der Waals surface area (Å²) in [6, 6.07) is 13.9. The quantitative estimate of drug-likeness (QED) is 0.422. The van der Waals surface area contributed by atoms with Crippen LogP contribution in [0.15, 0.2) is 53.7 Å². The van der Waals surface area contributed by atoms with E-state index >= 15 is 0 Å². The molecule has 8 heteroatoms. The highest BCUT2D eigenvalue weighted by Gasteiger charge is 2.10. The molecule has 0 saturated heterocycles. The zero-order valence-corrected chi connectivity index (χ0v) is 13.3. The van der Waals surface area contributed by atoms with Crippen LogP contribution in [0.5, 0.6) is 0 Å². The average molecular weight is 347 g/mol. The Hall–Kier alpha value is -2.38. The van der Waals surface area contributed by atoms with Gasteiger partial charge in [0.2, 0.25) is 5.16 Å². The molecule has 116 valence electrons. The van der Waals surface area contributed by atoms with E-state index in [4.69, 9.17) is 11.6 Å². The maximum atomic E-state index is 10.8. The highest BCUT2D eigenvalue weighted by molar-refractivity contribution is 7.98. The summed E-state index contributed by atoms with van der Waals surface area (Å²) in [5, 5.41) is 18.9. The Morgan fingerprint density at radius 2 is 2.04 bits per heavy atom. The summed E-state index contributed by atoms with van der Waals surface area (Å²) in [7, 11) is 0. The van der Waals surface area contributed by atoms with Gasteiger partial charge in [0, 0.05) is 23.4 Å². The van der Waals surface area contributed by atoms with E-state index in [1.165, 1.54) is 17.8 Å². The van der Waals surface area contributed by atoms with Crippen molar-refractivity contribution in [3.63, 3.8) is 0 Å². The predicted molar refractivity (Wildman–Crippen MR) is 89.5 cm³/mol. The van der Waals surface area contributed by atoms with Crippen LogP contribution in [0.2, 0.25) is 5.02 Å². The molecule has 0 unspecified atom stereocenters. The van der Waals surface area contributed by atoms with Crippen molar-refractivity contribution in [1.82, 2.24) is 15.2 Å². The maximum Gasteiger partial charge on any atom is 0.269 e. The number of non-ortho nitro benzene ring substituents is 1. The Labute approximate surface area is 141 Å². The normalized spacial score (nSPS) is 10.7. The van der Waals surface area contributed by atoms with Crippen LogP contribution in [0.4, 0.5) is 5.69 Å². The highest BCUT2D eigenvalue weighted by atomic mass is 35.5. The fourth-order valence-electron chi connectivity index (χ4n) is 1.99. The monoisotopic (exact) mass is 346 g/mol. The van der Waals surface area contributed by atoms with Crippen molar-refractivity contribution in [2.75, 3.05) is 0 Å². The molecule has 0 spiro atoms.